The molecule has 4 heterocycles. The van der Waals surface area contributed by atoms with Crippen molar-refractivity contribution in [2.24, 2.45) is 0 Å². The van der Waals surface area contributed by atoms with E-state index in [1.807, 2.05) is 52.6 Å². The van der Waals surface area contributed by atoms with Gasteiger partial charge in [0.1, 0.15) is 10.6 Å². The predicted molar refractivity (Wildman–Crippen MR) is 130 cm³/mol. The monoisotopic (exact) mass is 463 g/mol. The smallest absolute Gasteiger partial charge is 0.270 e. The average Bonchev–Trinajstić information content (AvgIpc) is 3.31. The highest BCUT2D eigenvalue weighted by atomic mass is 32.1. The zero-order valence-electron chi connectivity index (χ0n) is 18.8. The van der Waals surface area contributed by atoms with E-state index in [1.54, 1.807) is 18.1 Å². The van der Waals surface area contributed by atoms with Crippen LogP contribution in [0.4, 0.5) is 28.8 Å². The second kappa shape index (κ2) is 8.45. The Morgan fingerprint density at radius 2 is 1.70 bits per heavy atom. The summed E-state index contributed by atoms with van der Waals surface area (Å²) in [6.07, 6.45) is 1.65. The molecule has 5 rings (SSSR count). The van der Waals surface area contributed by atoms with Crippen LogP contribution >= 0.6 is 11.3 Å². The van der Waals surface area contributed by atoms with Gasteiger partial charge in [0, 0.05) is 51.5 Å². The van der Waals surface area contributed by atoms with E-state index in [1.165, 1.54) is 11.3 Å². The van der Waals surface area contributed by atoms with Crippen molar-refractivity contribution in [1.29, 1.82) is 0 Å². The van der Waals surface area contributed by atoms with Crippen molar-refractivity contribution >= 4 is 52.0 Å². The third kappa shape index (κ3) is 3.91. The number of thiophene rings is 1. The van der Waals surface area contributed by atoms with Gasteiger partial charge in [-0.3, -0.25) is 9.59 Å². The third-order valence-corrected chi connectivity index (χ3v) is 7.00. The summed E-state index contributed by atoms with van der Waals surface area (Å²) in [6.45, 7) is 3.27. The van der Waals surface area contributed by atoms with Crippen LogP contribution in [0.1, 0.15) is 20.0 Å². The quantitative estimate of drug-likeness (QED) is 0.639. The van der Waals surface area contributed by atoms with Gasteiger partial charge < -0.3 is 24.9 Å². The highest BCUT2D eigenvalue weighted by molar-refractivity contribution is 7.12. The van der Waals surface area contributed by atoms with Crippen molar-refractivity contribution in [2.45, 2.75) is 0 Å². The molecule has 0 bridgehead atoms. The molecule has 2 aromatic heterocycles. The molecule has 1 aromatic carbocycles. The summed E-state index contributed by atoms with van der Waals surface area (Å²) < 4.78 is 0. The van der Waals surface area contributed by atoms with E-state index in [4.69, 9.17) is 0 Å². The number of carbonyl (C=O) groups excluding carboxylic acids is 2. The molecule has 33 heavy (non-hydrogen) atoms. The Bertz CT molecular complexity index is 1200. The van der Waals surface area contributed by atoms with E-state index in [2.05, 4.69) is 27.2 Å². The van der Waals surface area contributed by atoms with Gasteiger partial charge in [-0.2, -0.15) is 4.98 Å². The highest BCUT2D eigenvalue weighted by Crippen LogP contribution is 2.40. The fourth-order valence-electron chi connectivity index (χ4n) is 4.03. The number of rotatable bonds is 3. The molecule has 0 unspecified atom stereocenters. The number of nitrogens with one attached hydrogen (secondary N) is 1. The molecule has 2 aliphatic rings. The average molecular weight is 464 g/mol. The second-order valence-corrected chi connectivity index (χ2v) is 9.17. The first-order valence-electron chi connectivity index (χ1n) is 10.7. The van der Waals surface area contributed by atoms with Crippen LogP contribution in [0, 0.1) is 0 Å². The maximum Gasteiger partial charge on any atom is 0.270 e. The molecule has 1 N–H and O–H groups in total. The number of piperazine rings is 1. The number of fused-ring (bicyclic) bond motifs is 2. The van der Waals surface area contributed by atoms with Crippen molar-refractivity contribution in [1.82, 2.24) is 19.8 Å². The van der Waals surface area contributed by atoms with Gasteiger partial charge in [0.15, 0.2) is 5.82 Å². The Kier molecular flexibility index (Phi) is 5.47. The fraction of sp³-hybridized carbons (Fsp3) is 0.304. The molecule has 0 atom stereocenters. The Morgan fingerprint density at radius 1 is 0.970 bits per heavy atom. The Labute approximate surface area is 196 Å². The van der Waals surface area contributed by atoms with Gasteiger partial charge in [0.05, 0.1) is 11.9 Å². The zero-order chi connectivity index (χ0) is 23.1. The van der Waals surface area contributed by atoms with Crippen molar-refractivity contribution < 1.29 is 9.59 Å². The molecular weight excluding hydrogens is 438 g/mol. The lowest BCUT2D eigenvalue weighted by Crippen LogP contribution is -2.47. The number of nitrogens with zero attached hydrogens (tertiary/aromatic N) is 6. The number of hydrogen-bond acceptors (Lipinski definition) is 8. The van der Waals surface area contributed by atoms with Gasteiger partial charge in [0.2, 0.25) is 5.95 Å². The molecule has 0 spiro atoms. The molecule has 2 aliphatic heterocycles. The fourth-order valence-corrected chi connectivity index (χ4v) is 4.93. The highest BCUT2D eigenvalue weighted by Gasteiger charge is 2.30. The van der Waals surface area contributed by atoms with Crippen LogP contribution in [-0.4, -0.2) is 78.9 Å². The first-order chi connectivity index (χ1) is 15.9. The van der Waals surface area contributed by atoms with Gasteiger partial charge in [0.25, 0.3) is 11.8 Å². The summed E-state index contributed by atoms with van der Waals surface area (Å²) in [5, 5.41) is 5.12. The lowest BCUT2D eigenvalue weighted by atomic mass is 10.1. The number of aromatic nitrogens is 2. The van der Waals surface area contributed by atoms with Crippen molar-refractivity contribution in [3.63, 3.8) is 0 Å². The number of carbonyl (C=O) groups is 2. The van der Waals surface area contributed by atoms with Gasteiger partial charge in [-0.25, -0.2) is 4.98 Å². The van der Waals surface area contributed by atoms with Crippen molar-refractivity contribution in [3.8, 4) is 0 Å². The largest absolute Gasteiger partial charge is 0.336 e. The number of benzene rings is 1. The van der Waals surface area contributed by atoms with Gasteiger partial charge in [-0.1, -0.05) is 0 Å². The van der Waals surface area contributed by atoms with E-state index >= 15 is 0 Å². The molecule has 0 aliphatic carbocycles. The number of anilines is 5. The Morgan fingerprint density at radius 3 is 2.42 bits per heavy atom. The summed E-state index contributed by atoms with van der Waals surface area (Å²) in [6, 6.07) is 9.28. The Hall–Kier alpha value is -3.50. The molecule has 0 radical (unpaired) electrons. The van der Waals surface area contributed by atoms with Crippen LogP contribution in [0.25, 0.3) is 0 Å². The first kappa shape index (κ1) is 21.4. The minimum atomic E-state index is -0.0736. The minimum absolute atomic E-state index is 0.0526. The number of amides is 2. The second-order valence-electron chi connectivity index (χ2n) is 8.26. The van der Waals surface area contributed by atoms with E-state index in [9.17, 15) is 9.59 Å². The summed E-state index contributed by atoms with van der Waals surface area (Å²) >= 11 is 1.42. The summed E-state index contributed by atoms with van der Waals surface area (Å²) in [4.78, 5) is 43.0. The SMILES string of the molecule is CN1CCN(C(=O)c2ccc(Nc3ncc4c(n3)N(C)c3ccsc3C(=O)N4C)cc2)CC1. The van der Waals surface area contributed by atoms with Gasteiger partial charge >= 0.3 is 0 Å². The molecular formula is C23H25N7O2S. The molecule has 9 nitrogen and oxygen atoms in total. The molecule has 2 amide bonds. The lowest BCUT2D eigenvalue weighted by molar-refractivity contribution is 0.0664. The third-order valence-electron chi connectivity index (χ3n) is 6.11. The molecule has 170 valence electrons. The zero-order valence-corrected chi connectivity index (χ0v) is 19.6. The minimum Gasteiger partial charge on any atom is -0.336 e. The predicted octanol–water partition coefficient (Wildman–Crippen LogP) is 3.03. The van der Waals surface area contributed by atoms with Crippen LogP contribution in [-0.2, 0) is 0 Å². The van der Waals surface area contributed by atoms with Crippen LogP contribution in [0.3, 0.4) is 0 Å². The number of likely N-dealkylation sites (N-methyl/N-ethyl adjacent to an activating group) is 1. The van der Waals surface area contributed by atoms with E-state index in [0.29, 0.717) is 27.9 Å². The molecule has 10 heteroatoms. The van der Waals surface area contributed by atoms with Crippen molar-refractivity contribution in [3.05, 3.63) is 52.3 Å². The topological polar surface area (TPSA) is 84.9 Å². The maximum absolute atomic E-state index is 12.8. The lowest BCUT2D eigenvalue weighted by Gasteiger charge is -2.32. The van der Waals surface area contributed by atoms with Crippen LogP contribution in [0.5, 0.6) is 0 Å². The van der Waals surface area contributed by atoms with E-state index in [0.717, 1.165) is 37.6 Å². The summed E-state index contributed by atoms with van der Waals surface area (Å²) in [5.74, 6) is 1.04. The van der Waals surface area contributed by atoms with Gasteiger partial charge in [-0.15, -0.1) is 11.3 Å². The first-order valence-corrected chi connectivity index (χ1v) is 11.6. The molecule has 3 aromatic rings. The number of hydrogen-bond donors (Lipinski definition) is 1. The Balaban J connectivity index is 1.35. The maximum atomic E-state index is 12.8. The van der Waals surface area contributed by atoms with E-state index < -0.39 is 0 Å². The van der Waals surface area contributed by atoms with Crippen LogP contribution in [0.2, 0.25) is 0 Å². The molecule has 1 saturated heterocycles. The molecule has 1 fully saturated rings. The van der Waals surface area contributed by atoms with Gasteiger partial charge in [-0.05, 0) is 42.8 Å². The summed E-state index contributed by atoms with van der Waals surface area (Å²) in [7, 11) is 5.70. The van der Waals surface area contributed by atoms with E-state index in [-0.39, 0.29) is 11.8 Å². The normalized spacial score (nSPS) is 16.3. The standard InChI is InChI=1S/C23H25N7O2S/c1-27-9-11-30(12-10-27)21(31)15-4-6-16(7-5-15)25-23-24-14-18-20(26-23)28(2)17-8-13-33-19(17)22(32)29(18)3/h4-8,13-14H,9-12H2,1-3H3,(H,24,25,26). The summed E-state index contributed by atoms with van der Waals surface area (Å²) in [5.41, 5.74) is 2.91. The van der Waals surface area contributed by atoms with Crippen molar-refractivity contribution in [2.75, 3.05) is 62.4 Å². The van der Waals surface area contributed by atoms with Crippen LogP contribution < -0.4 is 15.1 Å². The van der Waals surface area contributed by atoms with Crippen LogP contribution in [0.15, 0.2) is 41.9 Å². The molecule has 0 saturated carbocycles.